The summed E-state index contributed by atoms with van der Waals surface area (Å²) in [4.78, 5) is 281. The van der Waals surface area contributed by atoms with E-state index in [4.69, 9.17) is 17.2 Å². The van der Waals surface area contributed by atoms with Crippen molar-refractivity contribution < 1.29 is 121 Å². The molecule has 0 aliphatic carbocycles. The summed E-state index contributed by atoms with van der Waals surface area (Å²) in [5.41, 5.74) is 18.4. The van der Waals surface area contributed by atoms with Crippen LogP contribution in [0.25, 0.3) is 10.8 Å². The molecule has 0 aromatic heterocycles. The van der Waals surface area contributed by atoms with Crippen LogP contribution in [0.3, 0.4) is 0 Å². The first-order valence-electron chi connectivity index (χ1n) is 41.3. The van der Waals surface area contributed by atoms with Gasteiger partial charge in [0.15, 0.2) is 0 Å². The normalized spacial score (nSPS) is 24.6. The summed E-state index contributed by atoms with van der Waals surface area (Å²) >= 11 is 3.05. The fraction of sp³-hybridized carbons (Fsp3) is 0.482. The van der Waals surface area contributed by atoms with Crippen molar-refractivity contribution in [1.29, 1.82) is 0 Å². The Morgan fingerprint density at radius 1 is 0.454 bits per heavy atom. The molecule has 4 aromatic rings. The van der Waals surface area contributed by atoms with E-state index in [2.05, 4.69) is 74.4 Å². The number of aliphatic hydroxyl groups is 1. The largest absolute Gasteiger partial charge is 0.481 e. The van der Waals surface area contributed by atoms with E-state index in [9.17, 15) is 112 Å². The maximum atomic E-state index is 15.3. The van der Waals surface area contributed by atoms with E-state index in [1.807, 2.05) is 0 Å². The number of hydrogen-bond donors (Lipinski definition) is 22. The van der Waals surface area contributed by atoms with Crippen LogP contribution in [0.1, 0.15) is 135 Å². The minimum absolute atomic E-state index is 0.0113. The molecule has 2 heterocycles. The first-order chi connectivity index (χ1) is 61.2. The van der Waals surface area contributed by atoms with Gasteiger partial charge in [-0.15, -0.1) is 0 Å². The highest BCUT2D eigenvalue weighted by Crippen LogP contribution is 2.27. The molecule has 706 valence electrons. The molecule has 25 N–H and O–H groups in total. The van der Waals surface area contributed by atoms with Crippen molar-refractivity contribution in [2.45, 2.75) is 234 Å². The van der Waals surface area contributed by atoms with Crippen molar-refractivity contribution in [2.24, 2.45) is 22.6 Å². The highest BCUT2D eigenvalue weighted by Gasteiger charge is 2.42. The molecule has 0 saturated heterocycles. The molecule has 0 radical (unpaired) electrons. The van der Waals surface area contributed by atoms with Gasteiger partial charge in [-0.05, 0) is 97.0 Å². The van der Waals surface area contributed by atoms with Crippen LogP contribution in [0.5, 0.6) is 0 Å². The molecule has 42 nitrogen and oxygen atoms in total. The summed E-state index contributed by atoms with van der Waals surface area (Å²) in [7, 11) is 0. The summed E-state index contributed by atoms with van der Waals surface area (Å²) in [6, 6.07) is -2.16. The monoisotopic (exact) mass is 1870 g/mol. The fourth-order valence-electron chi connectivity index (χ4n) is 13.5. The molecule has 45 heteroatoms. The number of nitrogens with one attached hydrogen (secondary N) is 14. The third-order valence-electron chi connectivity index (χ3n) is 20.5. The maximum absolute atomic E-state index is 15.3. The Balaban J connectivity index is 1.57. The van der Waals surface area contributed by atoms with E-state index in [0.29, 0.717) is 38.6 Å². The molecule has 4 aromatic carbocycles. The molecule has 0 saturated carbocycles. The topological polar surface area (TPSA) is 689 Å². The van der Waals surface area contributed by atoms with Gasteiger partial charge in [0.25, 0.3) is 0 Å². The van der Waals surface area contributed by atoms with Gasteiger partial charge in [0.1, 0.15) is 84.6 Å². The van der Waals surface area contributed by atoms with E-state index >= 15 is 9.59 Å². The second-order valence-electron chi connectivity index (χ2n) is 32.3. The number of amides is 16. The number of carbonyl (C=O) groups excluding carboxylic acids is 16. The Morgan fingerprint density at radius 3 is 1.36 bits per heavy atom. The smallest absolute Gasteiger partial charge is 0.305 e. The van der Waals surface area contributed by atoms with Gasteiger partial charge in [-0.2, -0.15) is 35.3 Å². The highest BCUT2D eigenvalue weighted by atomic mass is 32.2. The van der Waals surface area contributed by atoms with Gasteiger partial charge in [-0.25, -0.2) is 0 Å². The number of aliphatic hydroxyl groups excluding tert-OH is 1. The number of carbonyl (C=O) groups is 20. The van der Waals surface area contributed by atoms with E-state index < -0.39 is 290 Å². The molecule has 16 atom stereocenters. The lowest BCUT2D eigenvalue weighted by molar-refractivity contribution is -0.142. The predicted molar refractivity (Wildman–Crippen MR) is 476 cm³/mol. The van der Waals surface area contributed by atoms with E-state index in [-0.39, 0.29) is 34.3 Å². The van der Waals surface area contributed by atoms with Crippen molar-refractivity contribution in [2.75, 3.05) is 17.3 Å². The lowest BCUT2D eigenvalue weighted by Gasteiger charge is -2.33. The molecule has 16 amide bonds. The summed E-state index contributed by atoms with van der Waals surface area (Å²) < 4.78 is 0. The Bertz CT molecular complexity index is 4880. The van der Waals surface area contributed by atoms with Crippen LogP contribution >= 0.6 is 35.3 Å². The SMILES string of the molecule is C/C=C(/C[C@@H]1NC(=O)[C@H](Cc2ccccc2)NC(=O)[C@H](CC(=O)O)NC(=O)[C@H](CCC(=O)O)NC(=O)[C@H]2CSCc3cc(cc(c3)CSC[C@H](NC(=O)[C@H](C)N)C(=O)N[C@H](C)C(=O)N[C@@H](CC(N)=O)C(=O)N[C@@H](CCC(=O)O)C(=O)N[C@@H](Cc3cccc4ccccc34)C(=O)N[C@H](C)C(=O)N2)CSC[C@@H](C(N)=O)NC(=O)[C@H](C(C)(C)C)NC(=O)[C@H](CC(=O)O)NC1=O)[C@@H](C)O. The van der Waals surface area contributed by atoms with Crippen molar-refractivity contribution in [1.82, 2.24) is 74.4 Å². The number of carboxylic acid groups (broad SMARTS) is 4. The van der Waals surface area contributed by atoms with Crippen LogP contribution in [-0.4, -0.2) is 258 Å². The zero-order chi connectivity index (χ0) is 96.6. The average Bonchev–Trinajstić information content (AvgIpc) is 0.808. The summed E-state index contributed by atoms with van der Waals surface area (Å²) in [5, 5.41) is 86.8. The Kier molecular flexibility index (Phi) is 41.5. The molecule has 0 fully saturated rings. The molecule has 2 aliphatic heterocycles. The van der Waals surface area contributed by atoms with Crippen LogP contribution in [-0.2, 0) is 126 Å². The first-order valence-corrected chi connectivity index (χ1v) is 44.8. The molecule has 2 aliphatic rings. The van der Waals surface area contributed by atoms with Crippen molar-refractivity contribution in [3.05, 3.63) is 130 Å². The van der Waals surface area contributed by atoms with Gasteiger partial charge in [0.2, 0.25) is 94.5 Å². The number of benzene rings is 4. The fourth-order valence-corrected chi connectivity index (χ4v) is 16.4. The summed E-state index contributed by atoms with van der Waals surface area (Å²) in [6.45, 7) is 10.9. The van der Waals surface area contributed by atoms with Crippen molar-refractivity contribution in [3.63, 3.8) is 0 Å². The third kappa shape index (κ3) is 34.7. The predicted octanol–water partition coefficient (Wildman–Crippen LogP) is -2.97. The standard InChI is InChI=1S/C85H113N17O25S3/c1-9-49(44(5)103)30-56-78(121)98-60(34-68(111)112)81(124)102-69(85(6,7)8)84(127)99-61(70(88)113)38-128-35-46-26-47-28-48(27-46)37-130-40-63(83(126)92-54(23-25-66(107)108)75(118)97-59(33-67(109)110)80(123)94-55(77(120)96-56)29-45-16-11-10-12-17-45)101-73(116)43(4)89-76(119)57(31-51-20-15-19-50-18-13-14-21-52(50)51)95-74(117)53(22-24-65(105)106)91-79(122)58(32-64(87)104)93-72(115)42(3)90-82(125)62(39-129-36-47)100-71(114)41(2)86/h9-21,26-28,41-44,53-63,69,103H,22-25,29-40,86H2,1-8H3,(H2,87,104)(H2,88,113)(H,89,119)(H,90,125)(H,91,122)(H,92,126)(H,93,115)(H,94,123)(H,95,117)(H,96,120)(H,97,118)(H,98,121)(H,99,127)(H,100,114)(H,101,116)(H,102,124)(H,105,106)(H,107,108)(H,109,110)(H,111,112)/b49-9-/t41-,42+,43+,44+,53-,54-,55-,56-,57-,58-,59-,60-,61-,62-,63+,69+/m0/s1. The number of fused-ring (bicyclic) bond motifs is 6. The zero-order valence-corrected chi connectivity index (χ0v) is 75.1. The third-order valence-corrected chi connectivity index (χ3v) is 23.8. The Hall–Kier alpha value is -12.8. The lowest BCUT2D eigenvalue weighted by atomic mass is 9.85. The Morgan fingerprint density at radius 2 is 0.869 bits per heavy atom. The zero-order valence-electron chi connectivity index (χ0n) is 72.6. The quantitative estimate of drug-likeness (QED) is 0.0349. The summed E-state index contributed by atoms with van der Waals surface area (Å²) in [6.07, 6.45) is -8.05. The van der Waals surface area contributed by atoms with Crippen LogP contribution in [0.2, 0.25) is 0 Å². The molecule has 4 bridgehead atoms. The van der Waals surface area contributed by atoms with Crippen LogP contribution < -0.4 is 91.6 Å². The number of primary amides is 2. The highest BCUT2D eigenvalue weighted by molar-refractivity contribution is 7.99. The minimum Gasteiger partial charge on any atom is -0.481 e. The summed E-state index contributed by atoms with van der Waals surface area (Å²) in [5.74, 6) is -26.5. The minimum atomic E-state index is -2.23. The van der Waals surface area contributed by atoms with Gasteiger partial charge in [-0.3, -0.25) is 95.9 Å². The van der Waals surface area contributed by atoms with Crippen LogP contribution in [0.15, 0.2) is 103 Å². The number of thioether (sulfide) groups is 3. The number of allylic oxidation sites excluding steroid dienone is 1. The molecule has 0 unspecified atom stereocenters. The Labute approximate surface area is 760 Å². The van der Waals surface area contributed by atoms with Gasteiger partial charge in [0.05, 0.1) is 31.4 Å². The van der Waals surface area contributed by atoms with Crippen molar-refractivity contribution >= 4 is 164 Å². The van der Waals surface area contributed by atoms with Gasteiger partial charge < -0.3 is 117 Å². The number of rotatable bonds is 22. The second kappa shape index (κ2) is 50.9. The van der Waals surface area contributed by atoms with Crippen molar-refractivity contribution in [3.8, 4) is 0 Å². The number of carboxylic acids is 4. The van der Waals surface area contributed by atoms with E-state index in [1.165, 1.54) is 66.7 Å². The van der Waals surface area contributed by atoms with E-state index in [0.717, 1.165) is 42.2 Å². The van der Waals surface area contributed by atoms with Crippen LogP contribution in [0.4, 0.5) is 0 Å². The molecular formula is C85H113N17O25S3. The number of nitrogens with two attached hydrogens (primary N) is 3. The number of aliphatic carboxylic acids is 4. The molecule has 0 spiro atoms. The first kappa shape index (κ1) is 106. The lowest BCUT2D eigenvalue weighted by Crippen LogP contribution is -2.62. The molecule has 130 heavy (non-hydrogen) atoms. The van der Waals surface area contributed by atoms with Crippen LogP contribution in [0, 0.1) is 5.41 Å². The number of hydrogen-bond acceptors (Lipinski definition) is 25. The average molecular weight is 1870 g/mol. The molecular weight excluding hydrogens is 1760 g/mol. The second-order valence-corrected chi connectivity index (χ2v) is 35.4. The molecule has 6 rings (SSSR count). The van der Waals surface area contributed by atoms with Gasteiger partial charge in [-0.1, -0.05) is 118 Å². The van der Waals surface area contributed by atoms with Gasteiger partial charge >= 0.3 is 23.9 Å². The van der Waals surface area contributed by atoms with E-state index in [1.54, 1.807) is 78.9 Å². The van der Waals surface area contributed by atoms with Gasteiger partial charge in [0, 0.05) is 66.6 Å². The maximum Gasteiger partial charge on any atom is 0.305 e.